The molecular formula is C18H19ClN2O5. The number of nitrogens with zero attached hydrogens (tertiary/aromatic N) is 1. The molecule has 0 bridgehead atoms. The number of halogens is 1. The fourth-order valence-corrected chi connectivity index (χ4v) is 3.11. The summed E-state index contributed by atoms with van der Waals surface area (Å²) in [5.74, 6) is 1.25. The highest BCUT2D eigenvalue weighted by molar-refractivity contribution is 6.30. The van der Waals surface area contributed by atoms with E-state index in [-0.39, 0.29) is 25.1 Å². The third-order valence-electron chi connectivity index (χ3n) is 3.93. The van der Waals surface area contributed by atoms with Crippen molar-refractivity contribution in [3.63, 3.8) is 0 Å². The summed E-state index contributed by atoms with van der Waals surface area (Å²) in [4.78, 5) is 10.6. The normalized spacial score (nSPS) is 14.3. The van der Waals surface area contributed by atoms with Crippen LogP contribution in [0.15, 0.2) is 30.3 Å². The van der Waals surface area contributed by atoms with E-state index in [4.69, 9.17) is 31.5 Å². The van der Waals surface area contributed by atoms with Gasteiger partial charge in [0.05, 0.1) is 11.5 Å². The van der Waals surface area contributed by atoms with E-state index >= 15 is 0 Å². The van der Waals surface area contributed by atoms with Gasteiger partial charge in [0, 0.05) is 39.9 Å². The molecule has 8 heteroatoms. The molecule has 3 rings (SSSR count). The molecule has 0 saturated heterocycles. The van der Waals surface area contributed by atoms with Gasteiger partial charge in [-0.25, -0.2) is 0 Å². The first-order valence-electron chi connectivity index (χ1n) is 8.11. The van der Waals surface area contributed by atoms with E-state index in [2.05, 4.69) is 0 Å². The summed E-state index contributed by atoms with van der Waals surface area (Å²) >= 11 is 6.16. The number of nitrogens with two attached hydrogens (primary N) is 1. The van der Waals surface area contributed by atoms with Gasteiger partial charge in [0.2, 0.25) is 0 Å². The summed E-state index contributed by atoms with van der Waals surface area (Å²) in [6.07, 6.45) is 0.467. The number of non-ortho nitro benzene ring substituents is 1. The molecule has 2 aromatic rings. The maximum atomic E-state index is 11.0. The summed E-state index contributed by atoms with van der Waals surface area (Å²) in [5, 5.41) is 11.6. The predicted octanol–water partition coefficient (Wildman–Crippen LogP) is 3.58. The summed E-state index contributed by atoms with van der Waals surface area (Å²) < 4.78 is 16.8. The summed E-state index contributed by atoms with van der Waals surface area (Å²) in [6.45, 7) is 2.65. The monoisotopic (exact) mass is 378 g/mol. The molecule has 1 heterocycles. The fraction of sp³-hybridized carbons (Fsp3) is 0.333. The second kappa shape index (κ2) is 7.90. The molecule has 1 atom stereocenters. The van der Waals surface area contributed by atoms with Gasteiger partial charge in [-0.1, -0.05) is 11.6 Å². The summed E-state index contributed by atoms with van der Waals surface area (Å²) in [7, 11) is 0. The van der Waals surface area contributed by atoms with Crippen molar-refractivity contribution in [2.24, 2.45) is 5.73 Å². The van der Waals surface area contributed by atoms with E-state index in [0.29, 0.717) is 35.1 Å². The van der Waals surface area contributed by atoms with E-state index in [1.54, 1.807) is 18.2 Å². The third-order valence-corrected chi connectivity index (χ3v) is 4.15. The Morgan fingerprint density at radius 2 is 2.15 bits per heavy atom. The third kappa shape index (κ3) is 4.24. The van der Waals surface area contributed by atoms with Crippen LogP contribution in [0, 0.1) is 10.1 Å². The van der Waals surface area contributed by atoms with Crippen LogP contribution in [0.3, 0.4) is 0 Å². The van der Waals surface area contributed by atoms with Crippen molar-refractivity contribution < 1.29 is 19.1 Å². The van der Waals surface area contributed by atoms with Crippen LogP contribution < -0.4 is 15.2 Å². The van der Waals surface area contributed by atoms with Gasteiger partial charge in [0.1, 0.15) is 18.1 Å². The number of hydrogen-bond donors (Lipinski definition) is 1. The maximum Gasteiger partial charge on any atom is 0.269 e. The average Bonchev–Trinajstić information content (AvgIpc) is 2.59. The molecule has 1 aliphatic heterocycles. The number of rotatable bonds is 6. The molecule has 26 heavy (non-hydrogen) atoms. The van der Waals surface area contributed by atoms with E-state index in [9.17, 15) is 10.1 Å². The van der Waals surface area contributed by atoms with Gasteiger partial charge in [-0.3, -0.25) is 10.1 Å². The number of nitro groups is 1. The van der Waals surface area contributed by atoms with Crippen LogP contribution >= 0.6 is 11.6 Å². The molecule has 2 N–H and O–H groups in total. The van der Waals surface area contributed by atoms with Gasteiger partial charge in [-0.15, -0.1) is 0 Å². The number of nitro benzene ring substituents is 1. The van der Waals surface area contributed by atoms with Gasteiger partial charge in [-0.2, -0.15) is 0 Å². The minimum Gasteiger partial charge on any atom is -0.488 e. The van der Waals surface area contributed by atoms with Gasteiger partial charge in [-0.05, 0) is 31.5 Å². The minimum atomic E-state index is -0.435. The van der Waals surface area contributed by atoms with E-state index in [1.807, 2.05) is 6.92 Å². The number of benzene rings is 2. The second-order valence-corrected chi connectivity index (χ2v) is 6.62. The average molecular weight is 379 g/mol. The Morgan fingerprint density at radius 3 is 2.88 bits per heavy atom. The lowest BCUT2D eigenvalue weighted by Gasteiger charge is -2.21. The Balaban J connectivity index is 1.85. The fourth-order valence-electron chi connectivity index (χ4n) is 2.85. The molecule has 7 nitrogen and oxygen atoms in total. The van der Waals surface area contributed by atoms with Crippen molar-refractivity contribution >= 4 is 17.3 Å². The van der Waals surface area contributed by atoms with Crippen LogP contribution in [0.4, 0.5) is 5.69 Å². The van der Waals surface area contributed by atoms with Gasteiger partial charge < -0.3 is 19.9 Å². The molecule has 0 fully saturated rings. The number of fused-ring (bicyclic) bond motifs is 1. The van der Waals surface area contributed by atoms with Crippen molar-refractivity contribution in [1.29, 1.82) is 0 Å². The molecule has 0 amide bonds. The zero-order valence-electron chi connectivity index (χ0n) is 14.2. The Morgan fingerprint density at radius 1 is 1.35 bits per heavy atom. The molecule has 1 aliphatic rings. The molecular weight excluding hydrogens is 360 g/mol. The molecule has 0 aromatic heterocycles. The molecule has 0 saturated carbocycles. The SMILES string of the molecule is CC(N)Cc1cc([N+](=O)[O-])ccc1OCc1cc(Cl)cc2c1OCOC2. The van der Waals surface area contributed by atoms with Crippen molar-refractivity contribution in [3.05, 3.63) is 62.2 Å². The Hall–Kier alpha value is -2.35. The highest BCUT2D eigenvalue weighted by atomic mass is 35.5. The molecule has 0 aliphatic carbocycles. The topological polar surface area (TPSA) is 96.9 Å². The molecule has 1 unspecified atom stereocenters. The zero-order valence-corrected chi connectivity index (χ0v) is 15.0. The molecule has 0 radical (unpaired) electrons. The highest BCUT2D eigenvalue weighted by Gasteiger charge is 2.18. The van der Waals surface area contributed by atoms with E-state index < -0.39 is 4.92 Å². The van der Waals surface area contributed by atoms with Crippen LogP contribution in [0.5, 0.6) is 11.5 Å². The van der Waals surface area contributed by atoms with Crippen molar-refractivity contribution in [1.82, 2.24) is 0 Å². The Labute approximate surface area is 155 Å². The largest absolute Gasteiger partial charge is 0.488 e. The van der Waals surface area contributed by atoms with Crippen LogP contribution in [0.25, 0.3) is 0 Å². The highest BCUT2D eigenvalue weighted by Crippen LogP contribution is 2.33. The van der Waals surface area contributed by atoms with Crippen LogP contribution in [0.1, 0.15) is 23.6 Å². The standard InChI is InChI=1S/C18H19ClN2O5/c1-11(20)4-12-7-16(21(22)23)2-3-17(12)25-9-14-6-15(19)5-13-8-24-10-26-18(13)14/h2-3,5-7,11H,4,8-10,20H2,1H3. The van der Waals surface area contributed by atoms with Crippen LogP contribution in [-0.4, -0.2) is 17.8 Å². The minimum absolute atomic E-state index is 0.00798. The zero-order chi connectivity index (χ0) is 18.7. The number of ether oxygens (including phenoxy) is 3. The van der Waals surface area contributed by atoms with Gasteiger partial charge in [0.25, 0.3) is 5.69 Å². The van der Waals surface area contributed by atoms with Gasteiger partial charge >= 0.3 is 0 Å². The maximum absolute atomic E-state index is 11.0. The van der Waals surface area contributed by atoms with Crippen molar-refractivity contribution in [2.45, 2.75) is 32.6 Å². The predicted molar refractivity (Wildman–Crippen MR) is 96.5 cm³/mol. The quantitative estimate of drug-likeness (QED) is 0.609. The molecule has 2 aromatic carbocycles. The van der Waals surface area contributed by atoms with Crippen molar-refractivity contribution in [2.75, 3.05) is 6.79 Å². The summed E-state index contributed by atoms with van der Waals surface area (Å²) in [6, 6.07) is 7.93. The van der Waals surface area contributed by atoms with Crippen molar-refractivity contribution in [3.8, 4) is 11.5 Å². The molecule has 0 spiro atoms. The van der Waals surface area contributed by atoms with Crippen LogP contribution in [-0.2, 0) is 24.4 Å². The van der Waals surface area contributed by atoms with Crippen LogP contribution in [0.2, 0.25) is 5.02 Å². The lowest BCUT2D eigenvalue weighted by Crippen LogP contribution is -2.18. The first-order chi connectivity index (χ1) is 12.4. The Kier molecular flexibility index (Phi) is 5.61. The van der Waals surface area contributed by atoms with E-state index in [0.717, 1.165) is 11.1 Å². The van der Waals surface area contributed by atoms with E-state index in [1.165, 1.54) is 12.1 Å². The smallest absolute Gasteiger partial charge is 0.269 e. The Bertz CT molecular complexity index is 825. The van der Waals surface area contributed by atoms with Gasteiger partial charge in [0.15, 0.2) is 6.79 Å². The summed E-state index contributed by atoms with van der Waals surface area (Å²) in [5.41, 5.74) is 8.21. The molecule has 138 valence electrons. The second-order valence-electron chi connectivity index (χ2n) is 6.18. The lowest BCUT2D eigenvalue weighted by molar-refractivity contribution is -0.384. The first kappa shape index (κ1) is 18.4. The first-order valence-corrected chi connectivity index (χ1v) is 8.49. The number of hydrogen-bond acceptors (Lipinski definition) is 6. The lowest BCUT2D eigenvalue weighted by atomic mass is 10.1.